The Hall–Kier alpha value is -1.89. The molecule has 92 valence electrons. The van der Waals surface area contributed by atoms with Gasteiger partial charge in [-0.3, -0.25) is 0 Å². The van der Waals surface area contributed by atoms with Gasteiger partial charge < -0.3 is 0 Å². The van der Waals surface area contributed by atoms with Gasteiger partial charge >= 0.3 is 118 Å². The van der Waals surface area contributed by atoms with Crippen molar-refractivity contribution in [3.63, 3.8) is 0 Å². The van der Waals surface area contributed by atoms with Crippen molar-refractivity contribution in [1.82, 2.24) is 0 Å². The number of benzene rings is 3. The molecule has 0 radical (unpaired) electrons. The summed E-state index contributed by atoms with van der Waals surface area (Å²) in [6.45, 7) is 0. The normalized spacial score (nSPS) is 10.5. The van der Waals surface area contributed by atoms with Gasteiger partial charge in [-0.05, 0) is 0 Å². The summed E-state index contributed by atoms with van der Waals surface area (Å²) in [6.07, 6.45) is 0.965. The first-order valence-electron chi connectivity index (χ1n) is 6.08. The minimum absolute atomic E-state index is 0.151. The average Bonchev–Trinajstić information content (AvgIpc) is 2.49. The van der Waals surface area contributed by atoms with Crippen molar-refractivity contribution in [3.8, 4) is 0 Å². The molecule has 0 unspecified atom stereocenters. The van der Waals surface area contributed by atoms with Crippen LogP contribution in [0.25, 0.3) is 10.8 Å². The van der Waals surface area contributed by atoms with Crippen LogP contribution in [0.4, 0.5) is 0 Å². The Morgan fingerprint density at radius 2 is 1.53 bits per heavy atom. The summed E-state index contributed by atoms with van der Waals surface area (Å²) in [7, 11) is 0. The van der Waals surface area contributed by atoms with Crippen LogP contribution in [0.5, 0.6) is 0 Å². The number of rotatable bonds is 3. The first-order chi connectivity index (χ1) is 9.38. The second-order valence-corrected chi connectivity index (χ2v) is 6.51. The summed E-state index contributed by atoms with van der Waals surface area (Å²) < 4.78 is 2.46. The zero-order valence-corrected chi connectivity index (χ0v) is 12.0. The van der Waals surface area contributed by atoms with Gasteiger partial charge in [0.05, 0.1) is 0 Å². The van der Waals surface area contributed by atoms with Gasteiger partial charge in [-0.15, -0.1) is 0 Å². The molecular formula is C17H12OSe. The van der Waals surface area contributed by atoms with Crippen LogP contribution in [0.2, 0.25) is 0 Å². The van der Waals surface area contributed by atoms with Crippen molar-refractivity contribution in [2.24, 2.45) is 0 Å². The van der Waals surface area contributed by atoms with Crippen LogP contribution < -0.4 is 8.92 Å². The van der Waals surface area contributed by atoms with Crippen LogP contribution >= 0.6 is 0 Å². The molecule has 0 spiro atoms. The number of carbonyl (C=O) groups excluding carboxylic acids is 1. The molecule has 0 amide bonds. The van der Waals surface area contributed by atoms with E-state index in [9.17, 15) is 4.79 Å². The van der Waals surface area contributed by atoms with E-state index in [-0.39, 0.29) is 15.0 Å². The molecule has 0 aromatic heterocycles. The van der Waals surface area contributed by atoms with E-state index in [0.29, 0.717) is 0 Å². The van der Waals surface area contributed by atoms with Gasteiger partial charge in [0, 0.05) is 0 Å². The number of carbonyl (C=O) groups is 1. The fourth-order valence-electron chi connectivity index (χ4n) is 2.07. The van der Waals surface area contributed by atoms with Crippen molar-refractivity contribution in [3.05, 3.63) is 72.3 Å². The maximum absolute atomic E-state index is 11.3. The van der Waals surface area contributed by atoms with Crippen LogP contribution in [-0.4, -0.2) is 21.2 Å². The van der Waals surface area contributed by atoms with E-state index in [1.54, 1.807) is 0 Å². The molecule has 3 aromatic carbocycles. The van der Waals surface area contributed by atoms with Crippen molar-refractivity contribution < 1.29 is 4.79 Å². The molecule has 2 heteroatoms. The molecule has 0 atom stereocenters. The second kappa shape index (κ2) is 5.39. The van der Waals surface area contributed by atoms with E-state index >= 15 is 0 Å². The summed E-state index contributed by atoms with van der Waals surface area (Å²) in [6, 6.07) is 22.5. The van der Waals surface area contributed by atoms with Crippen LogP contribution in [0.1, 0.15) is 10.4 Å². The summed E-state index contributed by atoms with van der Waals surface area (Å²) in [5, 5.41) is 2.39. The molecule has 0 aliphatic carbocycles. The summed E-state index contributed by atoms with van der Waals surface area (Å²) in [5.41, 5.74) is 0.808. The van der Waals surface area contributed by atoms with Gasteiger partial charge in [0.25, 0.3) is 0 Å². The topological polar surface area (TPSA) is 17.1 Å². The van der Waals surface area contributed by atoms with Crippen molar-refractivity contribution >= 4 is 40.9 Å². The summed E-state index contributed by atoms with van der Waals surface area (Å²) >= 11 is 0.151. The van der Waals surface area contributed by atoms with Gasteiger partial charge in [0.1, 0.15) is 0 Å². The van der Waals surface area contributed by atoms with E-state index in [0.717, 1.165) is 11.8 Å². The van der Waals surface area contributed by atoms with E-state index in [1.807, 2.05) is 42.5 Å². The van der Waals surface area contributed by atoms with Gasteiger partial charge in [-0.2, -0.15) is 0 Å². The Kier molecular flexibility index (Phi) is 3.45. The first-order valence-corrected chi connectivity index (χ1v) is 7.79. The van der Waals surface area contributed by atoms with E-state index in [2.05, 4.69) is 24.3 Å². The molecule has 3 aromatic rings. The maximum atomic E-state index is 11.3. The first kappa shape index (κ1) is 12.2. The molecule has 1 nitrogen and oxygen atoms in total. The average molecular weight is 311 g/mol. The molecule has 0 aliphatic rings. The predicted molar refractivity (Wildman–Crippen MR) is 80.8 cm³/mol. The van der Waals surface area contributed by atoms with Crippen molar-refractivity contribution in [2.45, 2.75) is 0 Å². The molecule has 0 saturated carbocycles. The third kappa shape index (κ3) is 2.46. The standard InChI is InChI=1S/C17H12OSe/c18-12-14-11-10-13-6-4-5-9-16(13)17(14)19-15-7-2-1-3-8-15/h1-12H. The molecule has 3 rings (SSSR count). The van der Waals surface area contributed by atoms with E-state index in [4.69, 9.17) is 0 Å². The van der Waals surface area contributed by atoms with Crippen LogP contribution in [0, 0.1) is 0 Å². The molecule has 0 N–H and O–H groups in total. The number of aldehydes is 1. The fraction of sp³-hybridized carbons (Fsp3) is 0. The van der Waals surface area contributed by atoms with Gasteiger partial charge in [-0.25, -0.2) is 0 Å². The molecular weight excluding hydrogens is 299 g/mol. The number of hydrogen-bond acceptors (Lipinski definition) is 1. The quantitative estimate of drug-likeness (QED) is 0.536. The number of fused-ring (bicyclic) bond motifs is 1. The zero-order chi connectivity index (χ0) is 13.1. The summed E-state index contributed by atoms with van der Waals surface area (Å²) in [4.78, 5) is 11.3. The van der Waals surface area contributed by atoms with Crippen molar-refractivity contribution in [1.29, 1.82) is 0 Å². The Morgan fingerprint density at radius 1 is 0.789 bits per heavy atom. The summed E-state index contributed by atoms with van der Waals surface area (Å²) in [5.74, 6) is 0. The van der Waals surface area contributed by atoms with Crippen LogP contribution in [-0.2, 0) is 0 Å². The monoisotopic (exact) mass is 312 g/mol. The fourth-order valence-corrected chi connectivity index (χ4v) is 4.29. The second-order valence-electron chi connectivity index (χ2n) is 4.24. The Labute approximate surface area is 118 Å². The number of hydrogen-bond donors (Lipinski definition) is 0. The molecule has 0 aliphatic heterocycles. The van der Waals surface area contributed by atoms with Crippen LogP contribution in [0.15, 0.2) is 66.7 Å². The van der Waals surface area contributed by atoms with Gasteiger partial charge in [0.2, 0.25) is 0 Å². The van der Waals surface area contributed by atoms with Gasteiger partial charge in [-0.1, -0.05) is 0 Å². The third-order valence-electron chi connectivity index (χ3n) is 3.00. The molecule has 0 fully saturated rings. The zero-order valence-electron chi connectivity index (χ0n) is 10.2. The Bertz CT molecular complexity index is 720. The Morgan fingerprint density at radius 3 is 2.32 bits per heavy atom. The minimum atomic E-state index is 0.151. The molecule has 0 heterocycles. The van der Waals surface area contributed by atoms with E-state index in [1.165, 1.54) is 19.7 Å². The van der Waals surface area contributed by atoms with Gasteiger partial charge in [0.15, 0.2) is 0 Å². The predicted octanol–water partition coefficient (Wildman–Crippen LogP) is 2.31. The van der Waals surface area contributed by atoms with Crippen molar-refractivity contribution in [2.75, 3.05) is 0 Å². The molecule has 0 bridgehead atoms. The third-order valence-corrected chi connectivity index (χ3v) is 5.45. The molecule has 19 heavy (non-hydrogen) atoms. The Balaban J connectivity index is 2.17. The molecule has 0 saturated heterocycles. The van der Waals surface area contributed by atoms with Crippen LogP contribution in [0.3, 0.4) is 0 Å². The van der Waals surface area contributed by atoms with E-state index < -0.39 is 0 Å². The SMILES string of the molecule is O=Cc1ccc2ccccc2c1[Se]c1ccccc1.